The third kappa shape index (κ3) is 3.57. The highest BCUT2D eigenvalue weighted by Gasteiger charge is 2.21. The van der Waals surface area contributed by atoms with Gasteiger partial charge in [-0.05, 0) is 49.1 Å². The molecular formula is C17H26N2O2. The zero-order valence-corrected chi connectivity index (χ0v) is 12.9. The van der Waals surface area contributed by atoms with Gasteiger partial charge in [0.1, 0.15) is 18.5 Å². The molecule has 0 radical (unpaired) electrons. The molecular weight excluding hydrogens is 264 g/mol. The Bertz CT molecular complexity index is 478. The van der Waals surface area contributed by atoms with Crippen LogP contribution in [0.2, 0.25) is 0 Å². The van der Waals surface area contributed by atoms with E-state index in [4.69, 9.17) is 15.2 Å². The molecule has 0 amide bonds. The molecule has 4 heteroatoms. The van der Waals surface area contributed by atoms with Gasteiger partial charge in [-0.1, -0.05) is 13.0 Å². The van der Waals surface area contributed by atoms with Crippen LogP contribution in [0.3, 0.4) is 0 Å². The Kier molecular flexibility index (Phi) is 4.78. The lowest BCUT2D eigenvalue weighted by atomic mass is 9.88. The van der Waals surface area contributed by atoms with E-state index in [1.54, 1.807) is 0 Å². The molecule has 0 bridgehead atoms. The SMILES string of the molecule is CCN1CCOC(COc2ccc3c(c2)CCCC3N)C1. The van der Waals surface area contributed by atoms with E-state index >= 15 is 0 Å². The average Bonchev–Trinajstić information content (AvgIpc) is 2.53. The number of aryl methyl sites for hydroxylation is 1. The van der Waals surface area contributed by atoms with Crippen LogP contribution >= 0.6 is 0 Å². The quantitative estimate of drug-likeness (QED) is 0.923. The average molecular weight is 290 g/mol. The van der Waals surface area contributed by atoms with E-state index in [0.29, 0.717) is 6.61 Å². The van der Waals surface area contributed by atoms with Gasteiger partial charge in [-0.3, -0.25) is 4.90 Å². The third-order valence-corrected chi connectivity index (χ3v) is 4.58. The Balaban J connectivity index is 1.58. The maximum absolute atomic E-state index is 6.15. The van der Waals surface area contributed by atoms with Crippen LogP contribution in [0, 0.1) is 0 Å². The molecule has 2 atom stereocenters. The van der Waals surface area contributed by atoms with Crippen molar-refractivity contribution in [2.45, 2.75) is 38.3 Å². The van der Waals surface area contributed by atoms with E-state index in [9.17, 15) is 0 Å². The molecule has 4 nitrogen and oxygen atoms in total. The van der Waals surface area contributed by atoms with Crippen molar-refractivity contribution in [3.8, 4) is 5.75 Å². The molecule has 2 unspecified atom stereocenters. The molecule has 1 saturated heterocycles. The fraction of sp³-hybridized carbons (Fsp3) is 0.647. The van der Waals surface area contributed by atoms with Crippen LogP contribution in [0.4, 0.5) is 0 Å². The van der Waals surface area contributed by atoms with Crippen molar-refractivity contribution < 1.29 is 9.47 Å². The predicted molar refractivity (Wildman–Crippen MR) is 83.7 cm³/mol. The van der Waals surface area contributed by atoms with Crippen molar-refractivity contribution in [1.29, 1.82) is 0 Å². The largest absolute Gasteiger partial charge is 0.491 e. The van der Waals surface area contributed by atoms with Gasteiger partial charge in [0.2, 0.25) is 0 Å². The van der Waals surface area contributed by atoms with Crippen molar-refractivity contribution in [3.63, 3.8) is 0 Å². The van der Waals surface area contributed by atoms with E-state index in [0.717, 1.165) is 44.8 Å². The third-order valence-electron chi connectivity index (χ3n) is 4.58. The summed E-state index contributed by atoms with van der Waals surface area (Å²) in [5.41, 5.74) is 8.80. The van der Waals surface area contributed by atoms with Crippen LogP contribution in [0.25, 0.3) is 0 Å². The van der Waals surface area contributed by atoms with Crippen LogP contribution in [0.15, 0.2) is 18.2 Å². The molecule has 1 aliphatic carbocycles. The zero-order valence-electron chi connectivity index (χ0n) is 12.9. The van der Waals surface area contributed by atoms with Gasteiger partial charge in [-0.15, -0.1) is 0 Å². The van der Waals surface area contributed by atoms with E-state index in [1.165, 1.54) is 17.5 Å². The number of ether oxygens (including phenoxy) is 2. The lowest BCUT2D eigenvalue weighted by Gasteiger charge is -2.32. The number of morpholine rings is 1. The van der Waals surface area contributed by atoms with E-state index in [-0.39, 0.29) is 12.1 Å². The van der Waals surface area contributed by atoms with Crippen LogP contribution in [0.1, 0.15) is 36.9 Å². The first-order chi connectivity index (χ1) is 10.3. The second-order valence-electron chi connectivity index (χ2n) is 6.06. The molecule has 3 rings (SSSR count). The summed E-state index contributed by atoms with van der Waals surface area (Å²) < 4.78 is 11.7. The number of hydrogen-bond donors (Lipinski definition) is 1. The monoisotopic (exact) mass is 290 g/mol. The van der Waals surface area contributed by atoms with Crippen LogP contribution in [-0.4, -0.2) is 43.9 Å². The maximum atomic E-state index is 6.15. The molecule has 1 heterocycles. The van der Waals surface area contributed by atoms with E-state index in [1.807, 2.05) is 6.07 Å². The summed E-state index contributed by atoms with van der Waals surface area (Å²) >= 11 is 0. The maximum Gasteiger partial charge on any atom is 0.119 e. The standard InChI is InChI=1S/C17H26N2O2/c1-2-19-8-9-20-15(11-19)12-21-14-6-7-16-13(10-14)4-3-5-17(16)18/h6-7,10,15,17H,2-5,8-9,11-12,18H2,1H3. The predicted octanol–water partition coefficient (Wildman–Crippen LogP) is 2.12. The number of nitrogens with zero attached hydrogens (tertiary/aromatic N) is 1. The minimum absolute atomic E-state index is 0.178. The number of nitrogens with two attached hydrogens (primary N) is 1. The first-order valence-corrected chi connectivity index (χ1v) is 8.11. The highest BCUT2D eigenvalue weighted by molar-refractivity contribution is 5.38. The Labute approximate surface area is 127 Å². The fourth-order valence-corrected chi connectivity index (χ4v) is 3.28. The minimum Gasteiger partial charge on any atom is -0.491 e. The molecule has 21 heavy (non-hydrogen) atoms. The summed E-state index contributed by atoms with van der Waals surface area (Å²) in [7, 11) is 0. The van der Waals surface area contributed by atoms with Gasteiger partial charge < -0.3 is 15.2 Å². The van der Waals surface area contributed by atoms with Crippen molar-refractivity contribution in [2.24, 2.45) is 5.73 Å². The first-order valence-electron chi connectivity index (χ1n) is 8.11. The molecule has 1 fully saturated rings. The topological polar surface area (TPSA) is 47.7 Å². The zero-order chi connectivity index (χ0) is 14.7. The molecule has 0 spiro atoms. The molecule has 116 valence electrons. The highest BCUT2D eigenvalue weighted by Crippen LogP contribution is 2.30. The van der Waals surface area contributed by atoms with Crippen molar-refractivity contribution in [2.75, 3.05) is 32.8 Å². The summed E-state index contributed by atoms with van der Waals surface area (Å²) in [6.45, 7) is 6.70. The second-order valence-corrected chi connectivity index (χ2v) is 6.06. The normalized spacial score (nSPS) is 26.4. The number of rotatable bonds is 4. The molecule has 0 saturated carbocycles. The molecule has 1 aliphatic heterocycles. The summed E-state index contributed by atoms with van der Waals surface area (Å²) in [6, 6.07) is 6.54. The lowest BCUT2D eigenvalue weighted by molar-refractivity contribution is -0.0464. The summed E-state index contributed by atoms with van der Waals surface area (Å²) in [4.78, 5) is 2.41. The smallest absolute Gasteiger partial charge is 0.119 e. The van der Waals surface area contributed by atoms with Gasteiger partial charge in [0, 0.05) is 19.1 Å². The lowest BCUT2D eigenvalue weighted by Crippen LogP contribution is -2.44. The Hall–Kier alpha value is -1.10. The van der Waals surface area contributed by atoms with Crippen LogP contribution in [-0.2, 0) is 11.2 Å². The molecule has 2 N–H and O–H groups in total. The van der Waals surface area contributed by atoms with Crippen molar-refractivity contribution in [1.82, 2.24) is 4.90 Å². The molecule has 1 aromatic carbocycles. The molecule has 2 aliphatic rings. The van der Waals surface area contributed by atoms with Gasteiger partial charge in [0.05, 0.1) is 6.61 Å². The minimum atomic E-state index is 0.178. The van der Waals surface area contributed by atoms with Crippen molar-refractivity contribution in [3.05, 3.63) is 29.3 Å². The molecule has 0 aromatic heterocycles. The Morgan fingerprint density at radius 2 is 2.33 bits per heavy atom. The Morgan fingerprint density at radius 3 is 3.19 bits per heavy atom. The van der Waals surface area contributed by atoms with Gasteiger partial charge in [0.15, 0.2) is 0 Å². The van der Waals surface area contributed by atoms with Gasteiger partial charge >= 0.3 is 0 Å². The first kappa shape index (κ1) is 14.8. The summed E-state index contributed by atoms with van der Waals surface area (Å²) in [6.07, 6.45) is 3.56. The fourth-order valence-electron chi connectivity index (χ4n) is 3.28. The number of hydrogen-bond acceptors (Lipinski definition) is 4. The second kappa shape index (κ2) is 6.77. The van der Waals surface area contributed by atoms with E-state index in [2.05, 4.69) is 24.0 Å². The van der Waals surface area contributed by atoms with Gasteiger partial charge in [0.25, 0.3) is 0 Å². The Morgan fingerprint density at radius 1 is 1.43 bits per heavy atom. The summed E-state index contributed by atoms with van der Waals surface area (Å²) in [5.74, 6) is 0.945. The van der Waals surface area contributed by atoms with Gasteiger partial charge in [-0.2, -0.15) is 0 Å². The number of fused-ring (bicyclic) bond motifs is 1. The van der Waals surface area contributed by atoms with E-state index < -0.39 is 0 Å². The highest BCUT2D eigenvalue weighted by atomic mass is 16.5. The van der Waals surface area contributed by atoms with Gasteiger partial charge in [-0.25, -0.2) is 0 Å². The number of likely N-dealkylation sites (N-methyl/N-ethyl adjacent to an activating group) is 1. The molecule has 1 aromatic rings. The number of benzene rings is 1. The van der Waals surface area contributed by atoms with Crippen molar-refractivity contribution >= 4 is 0 Å². The van der Waals surface area contributed by atoms with Crippen LogP contribution in [0.5, 0.6) is 5.75 Å². The summed E-state index contributed by atoms with van der Waals surface area (Å²) in [5, 5.41) is 0. The van der Waals surface area contributed by atoms with Crippen LogP contribution < -0.4 is 10.5 Å².